The molecule has 0 spiro atoms. The molecule has 0 saturated carbocycles. The summed E-state index contributed by atoms with van der Waals surface area (Å²) in [6.45, 7) is 5.36. The molecule has 2 heterocycles. The number of aromatic nitrogens is 5. The monoisotopic (exact) mass is 550 g/mol. The Bertz CT molecular complexity index is 1560. The average Bonchev–Trinajstić information content (AvgIpc) is 3.58. The molecule has 5 aromatic rings. The summed E-state index contributed by atoms with van der Waals surface area (Å²) < 4.78 is 31.7. The smallest absolute Gasteiger partial charge is 0.137 e. The molecule has 0 bridgehead atoms. The second-order valence-corrected chi connectivity index (χ2v) is 10.2. The van der Waals surface area contributed by atoms with Crippen molar-refractivity contribution in [1.82, 2.24) is 24.5 Å². The average molecular weight is 551 g/mol. The SMILES string of the molecule is CCCN(Cc1ccc(Cl)cc1)c1ccc2nn([C@H](C)[C@](O)(Cn3cncn3)c3ccc(F)cc3F)cc2c1. The molecule has 0 aliphatic carbocycles. The van der Waals surface area contributed by atoms with Gasteiger partial charge in [-0.1, -0.05) is 36.7 Å². The second kappa shape index (κ2) is 11.1. The summed E-state index contributed by atoms with van der Waals surface area (Å²) in [5.41, 5.74) is 1.06. The fraction of sp³-hybridized carbons (Fsp3) is 0.276. The third kappa shape index (κ3) is 5.65. The molecule has 0 fully saturated rings. The summed E-state index contributed by atoms with van der Waals surface area (Å²) in [6.07, 6.45) is 5.58. The number of anilines is 1. The Morgan fingerprint density at radius 1 is 1.08 bits per heavy atom. The van der Waals surface area contributed by atoms with E-state index in [0.717, 1.165) is 53.8 Å². The number of aliphatic hydroxyl groups is 1. The normalized spacial score (nSPS) is 13.9. The van der Waals surface area contributed by atoms with Gasteiger partial charge in [-0.3, -0.25) is 4.68 Å². The maximum atomic E-state index is 15.0. The molecule has 202 valence electrons. The minimum Gasteiger partial charge on any atom is -0.381 e. The lowest BCUT2D eigenvalue weighted by molar-refractivity contribution is -0.0366. The predicted octanol–water partition coefficient (Wildman–Crippen LogP) is 6.13. The Balaban J connectivity index is 1.49. The molecule has 0 saturated heterocycles. The molecule has 3 aromatic carbocycles. The Kier molecular flexibility index (Phi) is 7.63. The molecule has 5 rings (SSSR count). The van der Waals surface area contributed by atoms with E-state index in [1.54, 1.807) is 11.6 Å². The topological polar surface area (TPSA) is 72.0 Å². The van der Waals surface area contributed by atoms with Crippen LogP contribution in [0.1, 0.15) is 37.4 Å². The van der Waals surface area contributed by atoms with Crippen molar-refractivity contribution in [1.29, 1.82) is 0 Å². The largest absolute Gasteiger partial charge is 0.381 e. The zero-order valence-corrected chi connectivity index (χ0v) is 22.4. The van der Waals surface area contributed by atoms with Gasteiger partial charge in [0.05, 0.1) is 18.1 Å². The van der Waals surface area contributed by atoms with Gasteiger partial charge in [0.15, 0.2) is 0 Å². The van der Waals surface area contributed by atoms with E-state index in [4.69, 9.17) is 16.7 Å². The number of nitrogens with zero attached hydrogens (tertiary/aromatic N) is 6. The third-order valence-corrected chi connectivity index (χ3v) is 7.26. The summed E-state index contributed by atoms with van der Waals surface area (Å²) in [6, 6.07) is 16.3. The molecule has 7 nitrogen and oxygen atoms in total. The van der Waals surface area contributed by atoms with E-state index in [9.17, 15) is 13.9 Å². The van der Waals surface area contributed by atoms with E-state index >= 15 is 0 Å². The van der Waals surface area contributed by atoms with Gasteiger partial charge in [0.1, 0.15) is 29.9 Å². The van der Waals surface area contributed by atoms with Crippen LogP contribution in [0.25, 0.3) is 10.9 Å². The number of fused-ring (bicyclic) bond motifs is 1. The van der Waals surface area contributed by atoms with Crippen LogP contribution in [0.5, 0.6) is 0 Å². The Morgan fingerprint density at radius 2 is 1.87 bits per heavy atom. The Labute approximate surface area is 230 Å². The van der Waals surface area contributed by atoms with Crippen molar-refractivity contribution in [3.05, 3.63) is 107 Å². The van der Waals surface area contributed by atoms with E-state index < -0.39 is 23.3 Å². The summed E-state index contributed by atoms with van der Waals surface area (Å²) in [7, 11) is 0. The van der Waals surface area contributed by atoms with Gasteiger partial charge >= 0.3 is 0 Å². The Morgan fingerprint density at radius 3 is 2.56 bits per heavy atom. The standard InChI is InChI=1S/C29H29ClF2N6O/c1-3-12-36(15-21-4-6-23(30)7-5-21)25-9-11-28-22(13-25)16-38(35-28)20(2)29(39,17-37-19-33-18-34-37)26-10-8-24(31)14-27(26)32/h4-11,13-14,16,18-20,39H,3,12,15,17H2,1-2H3/t20-,29-/m1/s1. The number of hydrogen-bond donors (Lipinski definition) is 1. The van der Waals surface area contributed by atoms with Crippen LogP contribution in [0.2, 0.25) is 5.02 Å². The lowest BCUT2D eigenvalue weighted by Crippen LogP contribution is -2.40. The van der Waals surface area contributed by atoms with Crippen LogP contribution in [0.15, 0.2) is 79.5 Å². The fourth-order valence-electron chi connectivity index (χ4n) is 4.87. The lowest BCUT2D eigenvalue weighted by atomic mass is 9.86. The van der Waals surface area contributed by atoms with Crippen LogP contribution in [0.4, 0.5) is 14.5 Å². The van der Waals surface area contributed by atoms with Crippen LogP contribution >= 0.6 is 11.6 Å². The number of rotatable bonds is 10. The molecule has 0 amide bonds. The first-order valence-corrected chi connectivity index (χ1v) is 13.1. The first-order valence-electron chi connectivity index (χ1n) is 12.8. The van der Waals surface area contributed by atoms with Crippen molar-refractivity contribution in [2.45, 2.75) is 45.0 Å². The first-order chi connectivity index (χ1) is 18.8. The van der Waals surface area contributed by atoms with Gasteiger partial charge in [0, 0.05) is 47.0 Å². The highest BCUT2D eigenvalue weighted by Gasteiger charge is 2.41. The first kappa shape index (κ1) is 26.8. The number of hydrogen-bond acceptors (Lipinski definition) is 5. The van der Waals surface area contributed by atoms with Gasteiger partial charge in [-0.2, -0.15) is 10.2 Å². The summed E-state index contributed by atoms with van der Waals surface area (Å²) >= 11 is 6.06. The van der Waals surface area contributed by atoms with Crippen LogP contribution in [0.3, 0.4) is 0 Å². The van der Waals surface area contributed by atoms with Crippen molar-refractivity contribution >= 4 is 28.2 Å². The van der Waals surface area contributed by atoms with Crippen molar-refractivity contribution < 1.29 is 13.9 Å². The molecule has 39 heavy (non-hydrogen) atoms. The van der Waals surface area contributed by atoms with Crippen molar-refractivity contribution in [2.24, 2.45) is 0 Å². The molecule has 10 heteroatoms. The van der Waals surface area contributed by atoms with Gasteiger partial charge in [0.2, 0.25) is 0 Å². The van der Waals surface area contributed by atoms with Gasteiger partial charge < -0.3 is 10.0 Å². The van der Waals surface area contributed by atoms with Crippen LogP contribution in [-0.4, -0.2) is 36.2 Å². The molecule has 2 atom stereocenters. The summed E-state index contributed by atoms with van der Waals surface area (Å²) in [5, 5.41) is 22.3. The van der Waals surface area contributed by atoms with Gasteiger partial charge in [-0.25, -0.2) is 18.4 Å². The molecule has 0 radical (unpaired) electrons. The molecule has 0 aliphatic rings. The zero-order valence-electron chi connectivity index (χ0n) is 21.7. The molecule has 1 N–H and O–H groups in total. The highest BCUT2D eigenvalue weighted by molar-refractivity contribution is 6.30. The van der Waals surface area contributed by atoms with E-state index in [0.29, 0.717) is 5.02 Å². The minimum absolute atomic E-state index is 0.0516. The van der Waals surface area contributed by atoms with E-state index in [-0.39, 0.29) is 12.1 Å². The molecule has 2 aromatic heterocycles. The molecular weight excluding hydrogens is 522 g/mol. The second-order valence-electron chi connectivity index (χ2n) is 9.72. The number of halogens is 3. The fourth-order valence-corrected chi connectivity index (χ4v) is 5.00. The molecule has 0 unspecified atom stereocenters. The highest BCUT2D eigenvalue weighted by atomic mass is 35.5. The van der Waals surface area contributed by atoms with Crippen molar-refractivity contribution in [2.75, 3.05) is 11.4 Å². The van der Waals surface area contributed by atoms with Crippen LogP contribution < -0.4 is 4.90 Å². The van der Waals surface area contributed by atoms with Gasteiger partial charge in [-0.05, 0) is 55.3 Å². The Hall–Kier alpha value is -3.82. The third-order valence-electron chi connectivity index (χ3n) is 7.01. The molecular formula is C29H29ClF2N6O. The maximum Gasteiger partial charge on any atom is 0.137 e. The highest BCUT2D eigenvalue weighted by Crippen LogP contribution is 2.37. The van der Waals surface area contributed by atoms with Crippen molar-refractivity contribution in [3.63, 3.8) is 0 Å². The van der Waals surface area contributed by atoms with Gasteiger partial charge in [-0.15, -0.1) is 0 Å². The van der Waals surface area contributed by atoms with E-state index in [2.05, 4.69) is 28.0 Å². The van der Waals surface area contributed by atoms with E-state index in [1.165, 1.54) is 23.4 Å². The lowest BCUT2D eigenvalue weighted by Gasteiger charge is -2.34. The maximum absolute atomic E-state index is 15.0. The molecule has 0 aliphatic heterocycles. The van der Waals surface area contributed by atoms with Crippen LogP contribution in [-0.2, 0) is 18.7 Å². The quantitative estimate of drug-likeness (QED) is 0.227. The van der Waals surface area contributed by atoms with E-state index in [1.807, 2.05) is 42.6 Å². The van der Waals surface area contributed by atoms with Crippen molar-refractivity contribution in [3.8, 4) is 0 Å². The summed E-state index contributed by atoms with van der Waals surface area (Å²) in [4.78, 5) is 6.22. The van der Waals surface area contributed by atoms with Crippen LogP contribution in [0, 0.1) is 11.6 Å². The zero-order chi connectivity index (χ0) is 27.6. The number of benzene rings is 3. The summed E-state index contributed by atoms with van der Waals surface area (Å²) in [5.74, 6) is -1.57. The predicted molar refractivity (Wildman–Crippen MR) is 148 cm³/mol. The van der Waals surface area contributed by atoms with Gasteiger partial charge in [0.25, 0.3) is 0 Å². The minimum atomic E-state index is -1.81.